The molecule has 1 aliphatic heterocycles. The van der Waals surface area contributed by atoms with Crippen LogP contribution < -0.4 is 5.90 Å². The molecule has 0 aromatic heterocycles. The predicted molar refractivity (Wildman–Crippen MR) is 46.5 cm³/mol. The zero-order valence-electron chi connectivity index (χ0n) is 7.58. The minimum absolute atomic E-state index is 0.0152. The third-order valence-corrected chi connectivity index (χ3v) is 4.14. The van der Waals surface area contributed by atoms with E-state index >= 15 is 0 Å². The maximum atomic E-state index is 13.2. The summed E-state index contributed by atoms with van der Waals surface area (Å²) in [5.41, 5.74) is 0. The van der Waals surface area contributed by atoms with E-state index < -0.39 is 28.3 Å². The fourth-order valence-electron chi connectivity index (χ4n) is 1.54. The SMILES string of the molecule is NOCC(F)(F)C1CCS(=O)(=O)CC1. The summed E-state index contributed by atoms with van der Waals surface area (Å²) in [5.74, 6) is 0.280. The lowest BCUT2D eigenvalue weighted by Gasteiger charge is -2.28. The summed E-state index contributed by atoms with van der Waals surface area (Å²) < 4.78 is 48.3. The first-order valence-corrected chi connectivity index (χ1v) is 6.09. The molecule has 1 aliphatic rings. The number of hydrogen-bond acceptors (Lipinski definition) is 4. The van der Waals surface area contributed by atoms with Gasteiger partial charge in [0.05, 0.1) is 11.5 Å². The summed E-state index contributed by atoms with van der Waals surface area (Å²) in [6.07, 6.45) is -0.0304. The molecular weight excluding hydrogens is 216 g/mol. The average molecular weight is 229 g/mol. The second kappa shape index (κ2) is 4.08. The molecule has 0 aliphatic carbocycles. The quantitative estimate of drug-likeness (QED) is 0.708. The minimum atomic E-state index is -3.10. The lowest BCUT2D eigenvalue weighted by molar-refractivity contribution is -0.120. The Labute approximate surface area is 81.3 Å². The van der Waals surface area contributed by atoms with Gasteiger partial charge < -0.3 is 0 Å². The van der Waals surface area contributed by atoms with E-state index in [1.54, 1.807) is 0 Å². The van der Waals surface area contributed by atoms with Crippen LogP contribution in [0.1, 0.15) is 12.8 Å². The van der Waals surface area contributed by atoms with Crippen molar-refractivity contribution in [3.63, 3.8) is 0 Å². The Kier molecular flexibility index (Phi) is 3.44. The zero-order chi connectivity index (χ0) is 10.8. The average Bonchev–Trinajstić information content (AvgIpc) is 2.03. The van der Waals surface area contributed by atoms with Crippen LogP contribution in [0.15, 0.2) is 0 Å². The lowest BCUT2D eigenvalue weighted by Crippen LogP contribution is -2.39. The van der Waals surface area contributed by atoms with Crippen molar-refractivity contribution in [3.8, 4) is 0 Å². The highest BCUT2D eigenvalue weighted by Gasteiger charge is 2.42. The van der Waals surface area contributed by atoms with Gasteiger partial charge in [-0.05, 0) is 12.8 Å². The molecule has 7 heteroatoms. The van der Waals surface area contributed by atoms with Crippen LogP contribution in [-0.2, 0) is 14.7 Å². The Morgan fingerprint density at radius 3 is 2.29 bits per heavy atom. The molecule has 1 fully saturated rings. The number of hydrogen-bond donors (Lipinski definition) is 1. The Bertz CT molecular complexity index is 277. The molecule has 1 heterocycles. The van der Waals surface area contributed by atoms with Crippen molar-refractivity contribution in [1.82, 2.24) is 0 Å². The summed E-state index contributed by atoms with van der Waals surface area (Å²) >= 11 is 0. The smallest absolute Gasteiger partial charge is 0.275 e. The topological polar surface area (TPSA) is 69.4 Å². The fourth-order valence-corrected chi connectivity index (χ4v) is 3.03. The van der Waals surface area contributed by atoms with Crippen LogP contribution >= 0.6 is 0 Å². The minimum Gasteiger partial charge on any atom is -0.298 e. The second-order valence-electron chi connectivity index (χ2n) is 3.50. The first-order chi connectivity index (χ1) is 6.37. The second-order valence-corrected chi connectivity index (χ2v) is 5.80. The van der Waals surface area contributed by atoms with Gasteiger partial charge in [-0.1, -0.05) is 0 Å². The first kappa shape index (κ1) is 11.8. The first-order valence-electron chi connectivity index (χ1n) is 4.27. The molecule has 1 saturated heterocycles. The monoisotopic (exact) mass is 229 g/mol. The normalized spacial score (nSPS) is 23.6. The van der Waals surface area contributed by atoms with Crippen molar-refractivity contribution < 1.29 is 22.0 Å². The Morgan fingerprint density at radius 2 is 1.86 bits per heavy atom. The van der Waals surface area contributed by atoms with Gasteiger partial charge in [0.2, 0.25) is 0 Å². The molecule has 4 nitrogen and oxygen atoms in total. The van der Waals surface area contributed by atoms with E-state index in [0.717, 1.165) is 0 Å². The van der Waals surface area contributed by atoms with E-state index in [4.69, 9.17) is 0 Å². The number of sulfone groups is 1. The van der Waals surface area contributed by atoms with E-state index in [0.29, 0.717) is 0 Å². The van der Waals surface area contributed by atoms with Crippen molar-refractivity contribution in [1.29, 1.82) is 0 Å². The number of rotatable bonds is 3. The van der Waals surface area contributed by atoms with Gasteiger partial charge in [-0.15, -0.1) is 0 Å². The van der Waals surface area contributed by atoms with Gasteiger partial charge in [0.1, 0.15) is 16.4 Å². The summed E-state index contributed by atoms with van der Waals surface area (Å²) in [4.78, 5) is 3.91. The van der Waals surface area contributed by atoms with Gasteiger partial charge in [-0.2, -0.15) is 0 Å². The van der Waals surface area contributed by atoms with Crippen LogP contribution in [0.4, 0.5) is 8.78 Å². The zero-order valence-corrected chi connectivity index (χ0v) is 8.40. The van der Waals surface area contributed by atoms with Crippen LogP contribution in [0.2, 0.25) is 0 Å². The van der Waals surface area contributed by atoms with Gasteiger partial charge in [0.15, 0.2) is 0 Å². The van der Waals surface area contributed by atoms with Crippen LogP contribution in [0.3, 0.4) is 0 Å². The van der Waals surface area contributed by atoms with Gasteiger partial charge in [-0.3, -0.25) is 4.84 Å². The summed E-state index contributed by atoms with van der Waals surface area (Å²) in [6.45, 7) is -0.849. The molecule has 0 amide bonds. The van der Waals surface area contributed by atoms with Crippen molar-refractivity contribution in [2.45, 2.75) is 18.8 Å². The van der Waals surface area contributed by atoms with E-state index in [1.807, 2.05) is 0 Å². The van der Waals surface area contributed by atoms with Crippen LogP contribution in [0, 0.1) is 5.92 Å². The van der Waals surface area contributed by atoms with Crippen molar-refractivity contribution >= 4 is 9.84 Å². The van der Waals surface area contributed by atoms with Crippen molar-refractivity contribution in [3.05, 3.63) is 0 Å². The standard InChI is InChI=1S/C7H13F2NO3S/c8-7(9,5-13-10)6-1-3-14(11,12)4-2-6/h6H,1-5,10H2. The van der Waals surface area contributed by atoms with E-state index in [-0.39, 0.29) is 24.3 Å². The Morgan fingerprint density at radius 1 is 1.36 bits per heavy atom. The molecule has 0 unspecified atom stereocenters. The molecule has 0 aromatic carbocycles. The number of alkyl halides is 2. The van der Waals surface area contributed by atoms with Crippen molar-refractivity contribution in [2.24, 2.45) is 11.8 Å². The molecule has 1 rings (SSSR count). The highest BCUT2D eigenvalue weighted by molar-refractivity contribution is 7.91. The molecular formula is C7H13F2NO3S. The Hall–Kier alpha value is -0.270. The Balaban J connectivity index is 2.57. The van der Waals surface area contributed by atoms with Crippen LogP contribution in [0.25, 0.3) is 0 Å². The third-order valence-electron chi connectivity index (χ3n) is 2.43. The predicted octanol–water partition coefficient (Wildman–Crippen LogP) is 0.337. The molecule has 84 valence electrons. The third kappa shape index (κ3) is 2.86. The highest BCUT2D eigenvalue weighted by atomic mass is 32.2. The molecule has 0 aromatic rings. The van der Waals surface area contributed by atoms with E-state index in [9.17, 15) is 17.2 Å². The maximum Gasteiger partial charge on any atom is 0.275 e. The molecule has 0 radical (unpaired) electrons. The summed E-state index contributed by atoms with van der Waals surface area (Å²) in [6, 6.07) is 0. The van der Waals surface area contributed by atoms with E-state index in [1.165, 1.54) is 0 Å². The lowest BCUT2D eigenvalue weighted by atomic mass is 9.95. The van der Waals surface area contributed by atoms with Crippen LogP contribution in [0.5, 0.6) is 0 Å². The number of nitrogens with two attached hydrogens (primary N) is 1. The highest BCUT2D eigenvalue weighted by Crippen LogP contribution is 2.33. The van der Waals surface area contributed by atoms with E-state index in [2.05, 4.69) is 10.7 Å². The molecule has 0 saturated carbocycles. The molecule has 2 N–H and O–H groups in total. The van der Waals surface area contributed by atoms with Crippen molar-refractivity contribution in [2.75, 3.05) is 18.1 Å². The van der Waals surface area contributed by atoms with Gasteiger partial charge in [-0.25, -0.2) is 23.1 Å². The fraction of sp³-hybridized carbons (Fsp3) is 1.00. The molecule has 0 bridgehead atoms. The summed E-state index contributed by atoms with van der Waals surface area (Å²) in [7, 11) is -3.10. The molecule has 14 heavy (non-hydrogen) atoms. The van der Waals surface area contributed by atoms with Gasteiger partial charge >= 0.3 is 0 Å². The molecule has 0 spiro atoms. The maximum absolute atomic E-state index is 13.2. The van der Waals surface area contributed by atoms with Crippen LogP contribution in [-0.4, -0.2) is 32.5 Å². The van der Waals surface area contributed by atoms with Gasteiger partial charge in [0, 0.05) is 5.92 Å². The number of halogens is 2. The largest absolute Gasteiger partial charge is 0.298 e. The molecule has 0 atom stereocenters. The van der Waals surface area contributed by atoms with Gasteiger partial charge in [0.25, 0.3) is 5.92 Å². The summed E-state index contributed by atoms with van der Waals surface area (Å²) in [5, 5.41) is 0.